The van der Waals surface area contributed by atoms with Crippen molar-refractivity contribution in [3.63, 3.8) is 0 Å². The fourth-order valence-electron chi connectivity index (χ4n) is 3.41. The Balaban J connectivity index is 0.00000484. The minimum absolute atomic E-state index is 0. The van der Waals surface area contributed by atoms with Gasteiger partial charge in [0.1, 0.15) is 0 Å². The summed E-state index contributed by atoms with van der Waals surface area (Å²) in [5, 5.41) is 0. The summed E-state index contributed by atoms with van der Waals surface area (Å²) in [5.41, 5.74) is 0. The van der Waals surface area contributed by atoms with Crippen LogP contribution >= 0.6 is 0 Å². The monoisotopic (exact) mass is 346 g/mol. The second kappa shape index (κ2) is 13.1. The quantitative estimate of drug-likeness (QED) is 0.366. The number of hydrogen-bond donors (Lipinski definition) is 0. The van der Waals surface area contributed by atoms with Gasteiger partial charge >= 0.3 is 0 Å². The number of carbonyl (C=O) groups excluding carboxylic acids is 1. The van der Waals surface area contributed by atoms with Crippen molar-refractivity contribution in [2.24, 2.45) is 0 Å². The fourth-order valence-corrected chi connectivity index (χ4v) is 3.41. The van der Waals surface area contributed by atoms with Crippen molar-refractivity contribution in [2.45, 2.75) is 84.0 Å². The largest absolute Gasteiger partial charge is 1.00 e. The van der Waals surface area contributed by atoms with Gasteiger partial charge < -0.3 is 16.9 Å². The highest BCUT2D eigenvalue weighted by atomic mass is 35.5. The Kier molecular flexibility index (Phi) is 12.9. The number of amides is 1. The van der Waals surface area contributed by atoms with Crippen LogP contribution < -0.4 is 12.4 Å². The van der Waals surface area contributed by atoms with Gasteiger partial charge in [-0.05, 0) is 19.3 Å². The number of quaternary nitrogens is 1. The highest BCUT2D eigenvalue weighted by molar-refractivity contribution is 5.77. The fraction of sp³-hybridized carbons (Fsp3) is 0.947. The lowest BCUT2D eigenvalue weighted by Gasteiger charge is -2.33. The lowest BCUT2D eigenvalue weighted by Crippen LogP contribution is -3.00. The SMILES string of the molecule is CCCCCCCCCCCC[N+](C)(C)CN1CCCC1=O.[Cl-]. The highest BCUT2D eigenvalue weighted by Gasteiger charge is 2.26. The molecule has 1 fully saturated rings. The second-order valence-corrected chi connectivity index (χ2v) is 7.74. The molecule has 0 aliphatic carbocycles. The summed E-state index contributed by atoms with van der Waals surface area (Å²) >= 11 is 0. The Morgan fingerprint density at radius 1 is 0.913 bits per heavy atom. The van der Waals surface area contributed by atoms with E-state index < -0.39 is 0 Å². The lowest BCUT2D eigenvalue weighted by atomic mass is 10.1. The third kappa shape index (κ3) is 11.0. The number of nitrogens with zero attached hydrogens (tertiary/aromatic N) is 2. The molecule has 0 aromatic rings. The summed E-state index contributed by atoms with van der Waals surface area (Å²) < 4.78 is 0.961. The first kappa shape index (κ1) is 22.7. The van der Waals surface area contributed by atoms with Gasteiger partial charge in [0.2, 0.25) is 5.91 Å². The van der Waals surface area contributed by atoms with Gasteiger partial charge in [0, 0.05) is 13.0 Å². The lowest BCUT2D eigenvalue weighted by molar-refractivity contribution is -0.899. The molecule has 1 rings (SSSR count). The molecular weight excluding hydrogens is 308 g/mol. The second-order valence-electron chi connectivity index (χ2n) is 7.74. The Morgan fingerprint density at radius 2 is 1.43 bits per heavy atom. The number of halogens is 1. The molecule has 0 bridgehead atoms. The number of hydrogen-bond acceptors (Lipinski definition) is 1. The molecule has 0 atom stereocenters. The first-order valence-corrected chi connectivity index (χ1v) is 9.65. The van der Waals surface area contributed by atoms with Gasteiger partial charge in [-0.3, -0.25) is 9.69 Å². The topological polar surface area (TPSA) is 20.3 Å². The zero-order valence-electron chi connectivity index (χ0n) is 15.8. The van der Waals surface area contributed by atoms with Crippen LogP contribution in [0.3, 0.4) is 0 Å². The van der Waals surface area contributed by atoms with E-state index in [1.807, 2.05) is 0 Å². The van der Waals surface area contributed by atoms with Crippen molar-refractivity contribution in [3.05, 3.63) is 0 Å². The number of unbranched alkanes of at least 4 members (excludes halogenated alkanes) is 9. The van der Waals surface area contributed by atoms with E-state index in [-0.39, 0.29) is 12.4 Å². The van der Waals surface area contributed by atoms with Crippen LogP contribution in [-0.2, 0) is 4.79 Å². The van der Waals surface area contributed by atoms with Crippen LogP contribution in [0.2, 0.25) is 0 Å². The van der Waals surface area contributed by atoms with Gasteiger partial charge in [-0.15, -0.1) is 0 Å². The Labute approximate surface area is 150 Å². The van der Waals surface area contributed by atoms with E-state index in [0.29, 0.717) is 5.91 Å². The molecule has 23 heavy (non-hydrogen) atoms. The average Bonchev–Trinajstić information content (AvgIpc) is 2.85. The molecule has 0 aromatic carbocycles. The standard InChI is InChI=1S/C19H39N2O.ClH/c1-4-5-6-7-8-9-10-11-12-13-17-21(2,3)18-20-16-14-15-19(20)22;/h4-18H2,1-3H3;1H/q+1;/p-1. The van der Waals surface area contributed by atoms with Gasteiger partial charge in [0.05, 0.1) is 20.6 Å². The van der Waals surface area contributed by atoms with Crippen molar-refractivity contribution in [2.75, 3.05) is 33.9 Å². The first-order valence-electron chi connectivity index (χ1n) is 9.65. The predicted molar refractivity (Wildman–Crippen MR) is 94.6 cm³/mol. The minimum Gasteiger partial charge on any atom is -1.00 e. The van der Waals surface area contributed by atoms with Gasteiger partial charge in [-0.2, -0.15) is 0 Å². The van der Waals surface area contributed by atoms with E-state index >= 15 is 0 Å². The van der Waals surface area contributed by atoms with E-state index in [1.54, 1.807) is 0 Å². The molecule has 1 saturated heterocycles. The van der Waals surface area contributed by atoms with Crippen LogP contribution in [-0.4, -0.2) is 49.1 Å². The molecule has 1 amide bonds. The van der Waals surface area contributed by atoms with Crippen LogP contribution in [0.5, 0.6) is 0 Å². The van der Waals surface area contributed by atoms with E-state index in [1.165, 1.54) is 70.8 Å². The molecular formula is C19H39ClN2O. The van der Waals surface area contributed by atoms with Crippen molar-refractivity contribution in [3.8, 4) is 0 Å². The van der Waals surface area contributed by atoms with Crippen LogP contribution in [0.4, 0.5) is 0 Å². The third-order valence-corrected chi connectivity index (χ3v) is 4.84. The molecule has 0 N–H and O–H groups in total. The summed E-state index contributed by atoms with van der Waals surface area (Å²) in [6.07, 6.45) is 15.7. The van der Waals surface area contributed by atoms with Crippen molar-refractivity contribution in [1.29, 1.82) is 0 Å². The molecule has 1 aliphatic heterocycles. The van der Waals surface area contributed by atoms with Crippen LogP contribution in [0.25, 0.3) is 0 Å². The molecule has 1 aliphatic rings. The summed E-state index contributed by atoms with van der Waals surface area (Å²) in [4.78, 5) is 13.8. The maximum atomic E-state index is 11.7. The van der Waals surface area contributed by atoms with E-state index in [0.717, 1.165) is 30.5 Å². The van der Waals surface area contributed by atoms with Gasteiger partial charge in [-0.1, -0.05) is 58.3 Å². The molecule has 3 nitrogen and oxygen atoms in total. The maximum absolute atomic E-state index is 11.7. The van der Waals surface area contributed by atoms with Gasteiger partial charge in [0.25, 0.3) is 0 Å². The van der Waals surface area contributed by atoms with Crippen LogP contribution in [0.1, 0.15) is 84.0 Å². The molecule has 1 heterocycles. The first-order chi connectivity index (χ1) is 10.5. The summed E-state index contributed by atoms with van der Waals surface area (Å²) in [7, 11) is 4.53. The Morgan fingerprint density at radius 3 is 1.91 bits per heavy atom. The van der Waals surface area contributed by atoms with E-state index in [9.17, 15) is 4.79 Å². The molecule has 0 unspecified atom stereocenters. The molecule has 0 radical (unpaired) electrons. The number of rotatable bonds is 13. The summed E-state index contributed by atoms with van der Waals surface area (Å²) in [5.74, 6) is 0.356. The molecule has 0 aromatic heterocycles. The smallest absolute Gasteiger partial charge is 0.226 e. The summed E-state index contributed by atoms with van der Waals surface area (Å²) in [6, 6.07) is 0. The van der Waals surface area contributed by atoms with Gasteiger partial charge in [0.15, 0.2) is 6.67 Å². The Hall–Kier alpha value is -0.280. The van der Waals surface area contributed by atoms with Gasteiger partial charge in [-0.25, -0.2) is 0 Å². The van der Waals surface area contributed by atoms with Crippen molar-refractivity contribution in [1.82, 2.24) is 4.90 Å². The van der Waals surface area contributed by atoms with Crippen molar-refractivity contribution < 1.29 is 21.7 Å². The highest BCUT2D eigenvalue weighted by Crippen LogP contribution is 2.15. The van der Waals surface area contributed by atoms with E-state index in [4.69, 9.17) is 0 Å². The van der Waals surface area contributed by atoms with E-state index in [2.05, 4.69) is 25.9 Å². The zero-order valence-corrected chi connectivity index (χ0v) is 16.5. The molecule has 4 heteroatoms. The molecule has 138 valence electrons. The average molecular weight is 347 g/mol. The Bertz CT molecular complexity index is 308. The maximum Gasteiger partial charge on any atom is 0.226 e. The molecule has 0 spiro atoms. The van der Waals surface area contributed by atoms with Crippen molar-refractivity contribution >= 4 is 5.91 Å². The summed E-state index contributed by atoms with van der Waals surface area (Å²) in [6.45, 7) is 5.34. The van der Waals surface area contributed by atoms with Crippen LogP contribution in [0, 0.1) is 0 Å². The number of likely N-dealkylation sites (tertiary alicyclic amines) is 1. The third-order valence-electron chi connectivity index (χ3n) is 4.84. The molecule has 0 saturated carbocycles. The zero-order chi connectivity index (χ0) is 16.3. The number of carbonyl (C=O) groups is 1. The normalized spacial score (nSPS) is 15.1. The minimum atomic E-state index is 0. The predicted octanol–water partition coefficient (Wildman–Crippen LogP) is 1.57. The van der Waals surface area contributed by atoms with Crippen LogP contribution in [0.15, 0.2) is 0 Å².